The van der Waals surface area contributed by atoms with Crippen LogP contribution in [-0.2, 0) is 0 Å². The molecule has 0 aromatic rings. The molecule has 0 bridgehead atoms. The molecule has 0 aromatic carbocycles. The summed E-state index contributed by atoms with van der Waals surface area (Å²) in [5, 5.41) is 20.0. The van der Waals surface area contributed by atoms with E-state index < -0.39 is 11.5 Å². The van der Waals surface area contributed by atoms with Gasteiger partial charge in [-0.1, -0.05) is 71.6 Å². The van der Waals surface area contributed by atoms with Crippen molar-refractivity contribution < 1.29 is 5.11 Å². The Labute approximate surface area is 125 Å². The van der Waals surface area contributed by atoms with Crippen LogP contribution in [0.4, 0.5) is 0 Å². The number of nitriles is 1. The second-order valence-electron chi connectivity index (χ2n) is 6.90. The van der Waals surface area contributed by atoms with Gasteiger partial charge in [0.1, 0.15) is 0 Å². The van der Waals surface area contributed by atoms with E-state index in [1.807, 2.05) is 0 Å². The van der Waals surface area contributed by atoms with Crippen LogP contribution in [0.15, 0.2) is 0 Å². The Hall–Kier alpha value is -0.550. The molecule has 2 heteroatoms. The van der Waals surface area contributed by atoms with Gasteiger partial charge in [0.25, 0.3) is 0 Å². The molecular formula is C18H33NO. The minimum Gasteiger partial charge on any atom is -0.391 e. The molecule has 3 atom stereocenters. The van der Waals surface area contributed by atoms with E-state index in [9.17, 15) is 10.4 Å². The lowest BCUT2D eigenvalue weighted by Gasteiger charge is -2.38. The highest BCUT2D eigenvalue weighted by atomic mass is 16.3. The first-order chi connectivity index (χ1) is 9.64. The van der Waals surface area contributed by atoms with Crippen molar-refractivity contribution in [3.8, 4) is 6.07 Å². The number of unbranched alkanes of at least 4 members (excludes halogenated alkanes) is 6. The summed E-state index contributed by atoms with van der Waals surface area (Å²) in [6, 6.07) is 2.47. The summed E-state index contributed by atoms with van der Waals surface area (Å²) in [5.41, 5.74) is -0.445. The second kappa shape index (κ2) is 9.40. The molecule has 1 N–H and O–H groups in total. The maximum Gasteiger partial charge on any atom is 0.0834 e. The van der Waals surface area contributed by atoms with Gasteiger partial charge in [-0.05, 0) is 25.2 Å². The predicted octanol–water partition coefficient (Wildman–Crippen LogP) is 5.21. The zero-order chi connectivity index (χ0) is 14.8. The average Bonchev–Trinajstić information content (AvgIpc) is 2.46. The van der Waals surface area contributed by atoms with Gasteiger partial charge in [-0.15, -0.1) is 0 Å². The fraction of sp³-hybridized carbons (Fsp3) is 0.944. The average molecular weight is 279 g/mol. The molecule has 0 heterocycles. The van der Waals surface area contributed by atoms with E-state index in [0.29, 0.717) is 5.92 Å². The minimum absolute atomic E-state index is 0.411. The maximum atomic E-state index is 10.5. The van der Waals surface area contributed by atoms with Crippen LogP contribution >= 0.6 is 0 Å². The van der Waals surface area contributed by atoms with Crippen LogP contribution in [0.5, 0.6) is 0 Å². The largest absolute Gasteiger partial charge is 0.391 e. The Morgan fingerprint density at radius 1 is 1.20 bits per heavy atom. The summed E-state index contributed by atoms with van der Waals surface area (Å²) in [5.74, 6) is 0.590. The van der Waals surface area contributed by atoms with Crippen LogP contribution in [-0.4, -0.2) is 11.2 Å². The molecule has 0 aromatic heterocycles. The van der Waals surface area contributed by atoms with E-state index in [0.717, 1.165) is 32.1 Å². The quantitative estimate of drug-likeness (QED) is 0.589. The minimum atomic E-state index is -0.445. The Kier molecular flexibility index (Phi) is 8.22. The maximum absolute atomic E-state index is 10.5. The molecule has 116 valence electrons. The van der Waals surface area contributed by atoms with Gasteiger partial charge in [-0.3, -0.25) is 0 Å². The van der Waals surface area contributed by atoms with Gasteiger partial charge < -0.3 is 5.11 Å². The Balaban J connectivity index is 2.23. The lowest BCUT2D eigenvalue weighted by Crippen LogP contribution is -2.38. The summed E-state index contributed by atoms with van der Waals surface area (Å²) in [7, 11) is 0. The second-order valence-corrected chi connectivity index (χ2v) is 6.90. The normalized spacial score (nSPS) is 28.0. The lowest BCUT2D eigenvalue weighted by atomic mass is 9.67. The molecule has 0 saturated heterocycles. The smallest absolute Gasteiger partial charge is 0.0834 e. The van der Waals surface area contributed by atoms with E-state index in [2.05, 4.69) is 19.9 Å². The fourth-order valence-corrected chi connectivity index (χ4v) is 3.64. The molecular weight excluding hydrogens is 246 g/mol. The third-order valence-electron chi connectivity index (χ3n) is 4.97. The summed E-state index contributed by atoms with van der Waals surface area (Å²) >= 11 is 0. The first kappa shape index (κ1) is 17.5. The summed E-state index contributed by atoms with van der Waals surface area (Å²) < 4.78 is 0. The first-order valence-corrected chi connectivity index (χ1v) is 8.74. The number of nitrogens with zero attached hydrogens (tertiary/aromatic N) is 1. The van der Waals surface area contributed by atoms with Gasteiger partial charge in [0.15, 0.2) is 0 Å². The number of rotatable bonds is 9. The molecule has 20 heavy (non-hydrogen) atoms. The van der Waals surface area contributed by atoms with Crippen molar-refractivity contribution in [1.29, 1.82) is 5.26 Å². The van der Waals surface area contributed by atoms with Gasteiger partial charge >= 0.3 is 0 Å². The van der Waals surface area contributed by atoms with Crippen LogP contribution < -0.4 is 0 Å². The fourth-order valence-electron chi connectivity index (χ4n) is 3.64. The van der Waals surface area contributed by atoms with Crippen LogP contribution in [0.1, 0.15) is 90.9 Å². The lowest BCUT2D eigenvalue weighted by molar-refractivity contribution is 0.0159. The van der Waals surface area contributed by atoms with Gasteiger partial charge in [0.05, 0.1) is 17.6 Å². The Bertz CT molecular complexity index is 296. The van der Waals surface area contributed by atoms with E-state index in [4.69, 9.17) is 0 Å². The third-order valence-corrected chi connectivity index (χ3v) is 4.97. The molecule has 0 amide bonds. The summed E-state index contributed by atoms with van der Waals surface area (Å²) in [4.78, 5) is 0. The van der Waals surface area contributed by atoms with Gasteiger partial charge in [0, 0.05) is 0 Å². The van der Waals surface area contributed by atoms with Crippen LogP contribution in [0.25, 0.3) is 0 Å². The van der Waals surface area contributed by atoms with Crippen molar-refractivity contribution in [3.05, 3.63) is 0 Å². The predicted molar refractivity (Wildman–Crippen MR) is 84.3 cm³/mol. The van der Waals surface area contributed by atoms with Crippen molar-refractivity contribution >= 4 is 0 Å². The van der Waals surface area contributed by atoms with E-state index in [1.165, 1.54) is 44.9 Å². The standard InChI is InChI=1S/C18H33NO/c1-3-4-5-6-7-8-9-12-17(20)18(15-19)13-10-11-16(2)14-18/h16-17,20H,3-14H2,1-2H3. The highest BCUT2D eigenvalue weighted by Crippen LogP contribution is 2.42. The third kappa shape index (κ3) is 5.44. The van der Waals surface area contributed by atoms with Crippen LogP contribution in [0.2, 0.25) is 0 Å². The monoisotopic (exact) mass is 279 g/mol. The zero-order valence-corrected chi connectivity index (χ0v) is 13.5. The van der Waals surface area contributed by atoms with Gasteiger partial charge in [-0.25, -0.2) is 0 Å². The molecule has 2 nitrogen and oxygen atoms in total. The molecule has 1 aliphatic rings. The molecule has 1 saturated carbocycles. The zero-order valence-electron chi connectivity index (χ0n) is 13.5. The van der Waals surface area contributed by atoms with E-state index >= 15 is 0 Å². The number of hydrogen-bond donors (Lipinski definition) is 1. The highest BCUT2D eigenvalue weighted by molar-refractivity contribution is 5.05. The molecule has 0 aliphatic heterocycles. The van der Waals surface area contributed by atoms with Crippen molar-refractivity contribution in [2.24, 2.45) is 11.3 Å². The number of aliphatic hydroxyl groups excluding tert-OH is 1. The molecule has 3 unspecified atom stereocenters. The summed E-state index contributed by atoms with van der Waals surface area (Å²) in [6.07, 6.45) is 13.4. The molecule has 0 radical (unpaired) electrons. The molecule has 1 fully saturated rings. The number of aliphatic hydroxyl groups is 1. The van der Waals surface area contributed by atoms with Gasteiger partial charge in [-0.2, -0.15) is 5.26 Å². The molecule has 1 rings (SSSR count). The molecule has 0 spiro atoms. The van der Waals surface area contributed by atoms with Gasteiger partial charge in [0.2, 0.25) is 0 Å². The topological polar surface area (TPSA) is 44.0 Å². The van der Waals surface area contributed by atoms with Crippen LogP contribution in [0, 0.1) is 22.7 Å². The van der Waals surface area contributed by atoms with Crippen LogP contribution in [0.3, 0.4) is 0 Å². The van der Waals surface area contributed by atoms with Crippen molar-refractivity contribution in [2.75, 3.05) is 0 Å². The van der Waals surface area contributed by atoms with Crippen molar-refractivity contribution in [1.82, 2.24) is 0 Å². The Morgan fingerprint density at radius 2 is 1.85 bits per heavy atom. The Morgan fingerprint density at radius 3 is 2.45 bits per heavy atom. The SMILES string of the molecule is CCCCCCCCCC(O)C1(C#N)CCCC(C)C1. The summed E-state index contributed by atoms with van der Waals surface area (Å²) in [6.45, 7) is 4.45. The van der Waals surface area contributed by atoms with Crippen molar-refractivity contribution in [2.45, 2.75) is 97.0 Å². The van der Waals surface area contributed by atoms with Crippen molar-refractivity contribution in [3.63, 3.8) is 0 Å². The number of hydrogen-bond acceptors (Lipinski definition) is 2. The van der Waals surface area contributed by atoms with E-state index in [-0.39, 0.29) is 0 Å². The first-order valence-electron chi connectivity index (χ1n) is 8.74. The molecule has 1 aliphatic carbocycles. The van der Waals surface area contributed by atoms with E-state index in [1.54, 1.807) is 0 Å². The highest BCUT2D eigenvalue weighted by Gasteiger charge is 2.41.